The molecule has 1 aliphatic heterocycles. The molecule has 32 heavy (non-hydrogen) atoms. The molecular formula is C22H25N5O3S2. The van der Waals surface area contributed by atoms with Crippen molar-refractivity contribution in [2.24, 2.45) is 0 Å². The predicted molar refractivity (Wildman–Crippen MR) is 123 cm³/mol. The van der Waals surface area contributed by atoms with Gasteiger partial charge >= 0.3 is 5.97 Å². The third-order valence-electron chi connectivity index (χ3n) is 5.33. The number of thiazole rings is 1. The highest BCUT2D eigenvalue weighted by Crippen LogP contribution is 2.26. The Labute approximate surface area is 195 Å². The van der Waals surface area contributed by atoms with Crippen LogP contribution in [0.4, 0.5) is 0 Å². The Morgan fingerprint density at radius 3 is 2.88 bits per heavy atom. The van der Waals surface area contributed by atoms with Crippen molar-refractivity contribution in [3.05, 3.63) is 57.4 Å². The molecule has 10 heteroatoms. The molecule has 0 saturated carbocycles. The van der Waals surface area contributed by atoms with E-state index in [1.54, 1.807) is 29.4 Å². The second-order valence-electron chi connectivity index (χ2n) is 7.35. The maximum atomic E-state index is 12.8. The molecule has 0 aromatic carbocycles. The molecule has 0 aliphatic carbocycles. The molecule has 0 unspecified atom stereocenters. The van der Waals surface area contributed by atoms with Gasteiger partial charge < -0.3 is 9.64 Å². The summed E-state index contributed by atoms with van der Waals surface area (Å²) in [6, 6.07) is 5.64. The number of pyridine rings is 1. The lowest BCUT2D eigenvalue weighted by Crippen LogP contribution is -2.38. The highest BCUT2D eigenvalue weighted by Gasteiger charge is 2.30. The van der Waals surface area contributed by atoms with Gasteiger partial charge in [0.05, 0.1) is 28.6 Å². The summed E-state index contributed by atoms with van der Waals surface area (Å²) < 4.78 is 7.15. The first kappa shape index (κ1) is 22.5. The molecule has 0 spiro atoms. The fourth-order valence-electron chi connectivity index (χ4n) is 3.69. The van der Waals surface area contributed by atoms with Gasteiger partial charge in [-0.25, -0.2) is 14.8 Å². The van der Waals surface area contributed by atoms with E-state index >= 15 is 0 Å². The molecular weight excluding hydrogens is 446 g/mol. The van der Waals surface area contributed by atoms with Crippen molar-refractivity contribution in [2.75, 3.05) is 18.9 Å². The molecule has 3 aromatic rings. The molecule has 8 nitrogen and oxygen atoms in total. The van der Waals surface area contributed by atoms with E-state index in [1.165, 1.54) is 16.6 Å². The van der Waals surface area contributed by atoms with Gasteiger partial charge in [-0.3, -0.25) is 9.48 Å². The van der Waals surface area contributed by atoms with Gasteiger partial charge in [-0.1, -0.05) is 17.8 Å². The minimum atomic E-state index is -0.436. The Morgan fingerprint density at radius 2 is 2.16 bits per heavy atom. The second kappa shape index (κ2) is 10.3. The number of thioether (sulfide) groups is 1. The molecule has 0 radical (unpaired) electrons. The molecule has 4 heterocycles. The fraction of sp³-hybridized carbons (Fsp3) is 0.409. The summed E-state index contributed by atoms with van der Waals surface area (Å²) in [7, 11) is 0. The van der Waals surface area contributed by atoms with Crippen LogP contribution in [-0.2, 0) is 35.5 Å². The highest BCUT2D eigenvalue weighted by atomic mass is 32.2. The maximum Gasteiger partial charge on any atom is 0.359 e. The summed E-state index contributed by atoms with van der Waals surface area (Å²) in [6.45, 7) is 5.68. The van der Waals surface area contributed by atoms with Crippen LogP contribution in [0.25, 0.3) is 0 Å². The van der Waals surface area contributed by atoms with Crippen LogP contribution >= 0.6 is 23.1 Å². The zero-order valence-corrected chi connectivity index (χ0v) is 19.7. The van der Waals surface area contributed by atoms with E-state index in [0.29, 0.717) is 37.5 Å². The van der Waals surface area contributed by atoms with Gasteiger partial charge in [0, 0.05) is 54.8 Å². The SMILES string of the molecule is CCOC(=O)c1nn(CCc2scnc2C)c2c1CN(C(=O)CSc1ccccn1)CC2. The number of hydrogen-bond acceptors (Lipinski definition) is 8. The first-order valence-electron chi connectivity index (χ1n) is 10.5. The molecule has 3 aromatic heterocycles. The zero-order chi connectivity index (χ0) is 22.5. The van der Waals surface area contributed by atoms with Crippen molar-refractivity contribution in [3.8, 4) is 0 Å². The molecule has 0 fully saturated rings. The van der Waals surface area contributed by atoms with E-state index in [1.807, 2.05) is 35.3 Å². The Kier molecular flexibility index (Phi) is 7.21. The average Bonchev–Trinajstić information content (AvgIpc) is 3.39. The van der Waals surface area contributed by atoms with E-state index in [9.17, 15) is 9.59 Å². The number of rotatable bonds is 8. The third kappa shape index (κ3) is 5.02. The number of carbonyl (C=O) groups is 2. The van der Waals surface area contributed by atoms with E-state index in [2.05, 4.69) is 15.1 Å². The van der Waals surface area contributed by atoms with Crippen molar-refractivity contribution in [1.29, 1.82) is 0 Å². The van der Waals surface area contributed by atoms with Gasteiger partial charge in [0.25, 0.3) is 0 Å². The van der Waals surface area contributed by atoms with Gasteiger partial charge in [-0.15, -0.1) is 11.3 Å². The van der Waals surface area contributed by atoms with Gasteiger partial charge in [0.2, 0.25) is 5.91 Å². The normalized spacial score (nSPS) is 13.1. The summed E-state index contributed by atoms with van der Waals surface area (Å²) in [5.41, 5.74) is 5.00. The number of hydrogen-bond donors (Lipinski definition) is 0. The largest absolute Gasteiger partial charge is 0.461 e. The molecule has 168 valence electrons. The standard InChI is InChI=1S/C22H25N5O3S2/c1-3-30-22(29)21-16-12-26(20(28)13-31-19-6-4-5-9-23-19)10-7-17(16)27(25-21)11-8-18-15(2)24-14-32-18/h4-6,9,14H,3,7-8,10-13H2,1-2H3. The Balaban J connectivity index is 1.50. The first-order chi connectivity index (χ1) is 15.6. The lowest BCUT2D eigenvalue weighted by Gasteiger charge is -2.27. The van der Waals surface area contributed by atoms with Crippen LogP contribution in [0.3, 0.4) is 0 Å². The van der Waals surface area contributed by atoms with Crippen LogP contribution in [0.2, 0.25) is 0 Å². The lowest BCUT2D eigenvalue weighted by molar-refractivity contribution is -0.129. The van der Waals surface area contributed by atoms with E-state index in [-0.39, 0.29) is 12.5 Å². The smallest absolute Gasteiger partial charge is 0.359 e. The molecule has 1 amide bonds. The van der Waals surface area contributed by atoms with Crippen molar-refractivity contribution in [2.45, 2.75) is 44.8 Å². The zero-order valence-electron chi connectivity index (χ0n) is 18.1. The number of aryl methyl sites for hydroxylation is 3. The van der Waals surface area contributed by atoms with E-state index in [0.717, 1.165) is 28.4 Å². The van der Waals surface area contributed by atoms with Gasteiger partial charge in [-0.05, 0) is 26.0 Å². The summed E-state index contributed by atoms with van der Waals surface area (Å²) >= 11 is 3.05. The number of aromatic nitrogens is 4. The minimum absolute atomic E-state index is 0.0224. The number of esters is 1. The van der Waals surface area contributed by atoms with E-state index < -0.39 is 5.97 Å². The highest BCUT2D eigenvalue weighted by molar-refractivity contribution is 7.99. The quantitative estimate of drug-likeness (QED) is 0.368. The molecule has 4 rings (SSSR count). The summed E-state index contributed by atoms with van der Waals surface area (Å²) in [5, 5.41) is 5.42. The third-order valence-corrected chi connectivity index (χ3v) is 7.26. The second-order valence-corrected chi connectivity index (χ2v) is 9.29. The molecule has 0 saturated heterocycles. The Morgan fingerprint density at radius 1 is 1.28 bits per heavy atom. The van der Waals surface area contributed by atoms with Crippen LogP contribution in [0.1, 0.15) is 39.2 Å². The number of carbonyl (C=O) groups excluding carboxylic acids is 2. The van der Waals surface area contributed by atoms with Gasteiger partial charge in [-0.2, -0.15) is 5.10 Å². The summed E-state index contributed by atoms with van der Waals surface area (Å²) in [6.07, 6.45) is 3.17. The Hall–Kier alpha value is -2.72. The van der Waals surface area contributed by atoms with Crippen LogP contribution < -0.4 is 0 Å². The average molecular weight is 472 g/mol. The minimum Gasteiger partial charge on any atom is -0.461 e. The predicted octanol–water partition coefficient (Wildman–Crippen LogP) is 3.14. The van der Waals surface area contributed by atoms with Crippen molar-refractivity contribution in [3.63, 3.8) is 0 Å². The summed E-state index contributed by atoms with van der Waals surface area (Å²) in [4.78, 5) is 37.0. The fourth-order valence-corrected chi connectivity index (χ4v) is 5.22. The van der Waals surface area contributed by atoms with Crippen LogP contribution in [-0.4, -0.2) is 55.4 Å². The molecule has 0 N–H and O–H groups in total. The Bertz CT molecular complexity index is 1100. The first-order valence-corrected chi connectivity index (χ1v) is 12.4. The maximum absolute atomic E-state index is 12.8. The van der Waals surface area contributed by atoms with Crippen LogP contribution in [0.5, 0.6) is 0 Å². The van der Waals surface area contributed by atoms with Crippen molar-refractivity contribution in [1.82, 2.24) is 24.6 Å². The van der Waals surface area contributed by atoms with Gasteiger partial charge in [0.1, 0.15) is 0 Å². The number of amides is 1. The number of ether oxygens (including phenoxy) is 1. The topological polar surface area (TPSA) is 90.2 Å². The summed E-state index contributed by atoms with van der Waals surface area (Å²) in [5.74, 6) is -0.109. The molecule has 1 aliphatic rings. The van der Waals surface area contributed by atoms with Crippen LogP contribution in [0, 0.1) is 6.92 Å². The van der Waals surface area contributed by atoms with Crippen molar-refractivity contribution >= 4 is 35.0 Å². The van der Waals surface area contributed by atoms with E-state index in [4.69, 9.17) is 4.74 Å². The van der Waals surface area contributed by atoms with Gasteiger partial charge in [0.15, 0.2) is 5.69 Å². The lowest BCUT2D eigenvalue weighted by atomic mass is 10.0. The van der Waals surface area contributed by atoms with Crippen LogP contribution in [0.15, 0.2) is 34.9 Å². The molecule has 0 atom stereocenters. The monoisotopic (exact) mass is 471 g/mol. The number of fused-ring (bicyclic) bond motifs is 1. The van der Waals surface area contributed by atoms with Crippen molar-refractivity contribution < 1.29 is 14.3 Å². The number of nitrogens with zero attached hydrogens (tertiary/aromatic N) is 5. The molecule has 0 bridgehead atoms.